The van der Waals surface area contributed by atoms with Gasteiger partial charge in [-0.3, -0.25) is 0 Å². The molecule has 2 rings (SSSR count). The van der Waals surface area contributed by atoms with Crippen LogP contribution >= 0.6 is 0 Å². The van der Waals surface area contributed by atoms with Gasteiger partial charge in [-0.1, -0.05) is 17.7 Å². The molecule has 1 heterocycles. The highest BCUT2D eigenvalue weighted by Gasteiger charge is 2.03. The zero-order valence-corrected chi connectivity index (χ0v) is 10.4. The lowest BCUT2D eigenvalue weighted by molar-refractivity contribution is 0.295. The van der Waals surface area contributed by atoms with Crippen LogP contribution in [0, 0.1) is 6.92 Å². The number of aromatic nitrogens is 4. The van der Waals surface area contributed by atoms with Crippen molar-refractivity contribution in [2.45, 2.75) is 26.5 Å². The second kappa shape index (κ2) is 6.11. The zero-order valence-electron chi connectivity index (χ0n) is 10.4. The minimum atomic E-state index is 0.325. The van der Waals surface area contributed by atoms with Crippen LogP contribution in [0.25, 0.3) is 0 Å². The molecule has 0 bridgehead atoms. The summed E-state index contributed by atoms with van der Waals surface area (Å²) in [5.74, 6) is 1.38. The first-order valence-corrected chi connectivity index (χ1v) is 5.94. The maximum absolute atomic E-state index is 5.56. The van der Waals surface area contributed by atoms with Gasteiger partial charge in [0.2, 0.25) is 5.82 Å². The number of aryl methyl sites for hydroxylation is 2. The normalized spacial score (nSPS) is 10.6. The molecule has 6 heteroatoms. The van der Waals surface area contributed by atoms with Crippen molar-refractivity contribution >= 4 is 0 Å². The zero-order chi connectivity index (χ0) is 12.8. The predicted molar refractivity (Wildman–Crippen MR) is 67.0 cm³/mol. The van der Waals surface area contributed by atoms with E-state index >= 15 is 0 Å². The second-order valence-electron chi connectivity index (χ2n) is 4.05. The van der Waals surface area contributed by atoms with Crippen molar-refractivity contribution < 1.29 is 4.74 Å². The van der Waals surface area contributed by atoms with E-state index in [2.05, 4.69) is 15.4 Å². The van der Waals surface area contributed by atoms with Crippen LogP contribution < -0.4 is 10.5 Å². The Bertz CT molecular complexity index is 479. The molecule has 2 N–H and O–H groups in total. The largest absolute Gasteiger partial charge is 0.485 e. The fourth-order valence-electron chi connectivity index (χ4n) is 1.44. The number of ether oxygens (including phenoxy) is 1. The van der Waals surface area contributed by atoms with Gasteiger partial charge in [0.1, 0.15) is 5.75 Å². The van der Waals surface area contributed by atoms with Gasteiger partial charge < -0.3 is 10.5 Å². The third kappa shape index (κ3) is 3.53. The van der Waals surface area contributed by atoms with Crippen LogP contribution in [-0.2, 0) is 13.2 Å². The van der Waals surface area contributed by atoms with Crippen molar-refractivity contribution in [2.24, 2.45) is 5.73 Å². The Morgan fingerprint density at radius 1 is 1.28 bits per heavy atom. The number of rotatable bonds is 6. The third-order valence-corrected chi connectivity index (χ3v) is 2.45. The molecule has 18 heavy (non-hydrogen) atoms. The first-order valence-electron chi connectivity index (χ1n) is 5.94. The molecule has 0 amide bonds. The summed E-state index contributed by atoms with van der Waals surface area (Å²) in [5, 5.41) is 12.0. The minimum absolute atomic E-state index is 0.325. The SMILES string of the molecule is Cc1ccc(OCc2nnn(CCCN)n2)cc1. The predicted octanol–water partition coefficient (Wildman–Crippen LogP) is 0.909. The van der Waals surface area contributed by atoms with Crippen LogP contribution in [0.4, 0.5) is 0 Å². The highest BCUT2D eigenvalue weighted by atomic mass is 16.5. The molecule has 0 saturated carbocycles. The average molecular weight is 247 g/mol. The van der Waals surface area contributed by atoms with E-state index in [9.17, 15) is 0 Å². The first-order chi connectivity index (χ1) is 8.78. The topological polar surface area (TPSA) is 78.9 Å². The fourth-order valence-corrected chi connectivity index (χ4v) is 1.44. The summed E-state index contributed by atoms with van der Waals surface area (Å²) in [7, 11) is 0. The first kappa shape index (κ1) is 12.5. The molecule has 0 radical (unpaired) electrons. The Kier molecular flexibility index (Phi) is 4.25. The van der Waals surface area contributed by atoms with Crippen molar-refractivity contribution in [3.8, 4) is 5.75 Å². The lowest BCUT2D eigenvalue weighted by atomic mass is 10.2. The summed E-state index contributed by atoms with van der Waals surface area (Å²) in [6.45, 7) is 3.67. The van der Waals surface area contributed by atoms with Gasteiger partial charge in [0.15, 0.2) is 6.61 Å². The van der Waals surface area contributed by atoms with Gasteiger partial charge in [-0.05, 0) is 37.2 Å². The van der Waals surface area contributed by atoms with Crippen molar-refractivity contribution in [3.63, 3.8) is 0 Å². The quantitative estimate of drug-likeness (QED) is 0.820. The Balaban J connectivity index is 1.86. The number of nitrogens with zero attached hydrogens (tertiary/aromatic N) is 4. The Morgan fingerprint density at radius 2 is 2.06 bits per heavy atom. The summed E-state index contributed by atoms with van der Waals surface area (Å²) in [6.07, 6.45) is 0.842. The van der Waals surface area contributed by atoms with E-state index < -0.39 is 0 Å². The molecule has 1 aromatic carbocycles. The molecule has 0 spiro atoms. The van der Waals surface area contributed by atoms with Gasteiger partial charge in [-0.2, -0.15) is 4.80 Å². The lowest BCUT2D eigenvalue weighted by Gasteiger charge is -2.02. The molecule has 0 aliphatic carbocycles. The van der Waals surface area contributed by atoms with E-state index in [1.54, 1.807) is 4.80 Å². The molecule has 96 valence electrons. The monoisotopic (exact) mass is 247 g/mol. The van der Waals surface area contributed by atoms with Crippen molar-refractivity contribution in [1.29, 1.82) is 0 Å². The number of nitrogens with two attached hydrogens (primary N) is 1. The molecule has 0 unspecified atom stereocenters. The smallest absolute Gasteiger partial charge is 0.212 e. The molecule has 0 fully saturated rings. The summed E-state index contributed by atoms with van der Waals surface area (Å²) in [4.78, 5) is 1.54. The van der Waals surface area contributed by atoms with E-state index in [1.165, 1.54) is 5.56 Å². The molecule has 1 aromatic heterocycles. The Morgan fingerprint density at radius 3 is 2.78 bits per heavy atom. The number of hydrogen-bond donors (Lipinski definition) is 1. The molecular weight excluding hydrogens is 230 g/mol. The van der Waals surface area contributed by atoms with Crippen LogP contribution in [-0.4, -0.2) is 26.8 Å². The van der Waals surface area contributed by atoms with Crippen LogP contribution in [0.1, 0.15) is 17.8 Å². The molecule has 2 aromatic rings. The van der Waals surface area contributed by atoms with Crippen LogP contribution in [0.5, 0.6) is 5.75 Å². The van der Waals surface area contributed by atoms with Crippen LogP contribution in [0.3, 0.4) is 0 Å². The maximum Gasteiger partial charge on any atom is 0.212 e. The van der Waals surface area contributed by atoms with Gasteiger partial charge in [0.05, 0.1) is 6.54 Å². The van der Waals surface area contributed by atoms with Gasteiger partial charge in [0, 0.05) is 0 Å². The van der Waals surface area contributed by atoms with E-state index in [1.807, 2.05) is 31.2 Å². The fraction of sp³-hybridized carbons (Fsp3) is 0.417. The van der Waals surface area contributed by atoms with E-state index in [0.29, 0.717) is 25.5 Å². The van der Waals surface area contributed by atoms with Crippen molar-refractivity contribution in [1.82, 2.24) is 20.2 Å². The Labute approximate surface area is 106 Å². The summed E-state index contributed by atoms with van der Waals surface area (Å²) < 4.78 is 5.56. The molecule has 0 aliphatic rings. The van der Waals surface area contributed by atoms with Crippen molar-refractivity contribution in [2.75, 3.05) is 6.54 Å². The third-order valence-electron chi connectivity index (χ3n) is 2.45. The van der Waals surface area contributed by atoms with E-state index in [4.69, 9.17) is 10.5 Å². The van der Waals surface area contributed by atoms with Crippen LogP contribution in [0.15, 0.2) is 24.3 Å². The summed E-state index contributed by atoms with van der Waals surface area (Å²) in [5.41, 5.74) is 6.62. The summed E-state index contributed by atoms with van der Waals surface area (Å²) >= 11 is 0. The highest BCUT2D eigenvalue weighted by molar-refractivity contribution is 5.26. The highest BCUT2D eigenvalue weighted by Crippen LogP contribution is 2.12. The van der Waals surface area contributed by atoms with Crippen LogP contribution in [0.2, 0.25) is 0 Å². The molecule has 0 atom stereocenters. The number of tetrazole rings is 1. The van der Waals surface area contributed by atoms with Gasteiger partial charge in [-0.25, -0.2) is 0 Å². The minimum Gasteiger partial charge on any atom is -0.485 e. The van der Waals surface area contributed by atoms with E-state index in [0.717, 1.165) is 12.2 Å². The lowest BCUT2D eigenvalue weighted by Crippen LogP contribution is -2.08. The molecular formula is C12H17N5O. The standard InChI is InChI=1S/C12H17N5O/c1-10-3-5-11(6-4-10)18-9-12-14-16-17(15-12)8-2-7-13/h3-6H,2,7-9,13H2,1H3. The maximum atomic E-state index is 5.56. The van der Waals surface area contributed by atoms with E-state index in [-0.39, 0.29) is 0 Å². The molecule has 0 saturated heterocycles. The Hall–Kier alpha value is -1.95. The molecule has 0 aliphatic heterocycles. The number of hydrogen-bond acceptors (Lipinski definition) is 5. The van der Waals surface area contributed by atoms with Crippen molar-refractivity contribution in [3.05, 3.63) is 35.7 Å². The van der Waals surface area contributed by atoms with Gasteiger partial charge in [0.25, 0.3) is 0 Å². The van der Waals surface area contributed by atoms with Gasteiger partial charge in [-0.15, -0.1) is 10.2 Å². The molecule has 6 nitrogen and oxygen atoms in total. The average Bonchev–Trinajstić information content (AvgIpc) is 2.84. The van der Waals surface area contributed by atoms with Gasteiger partial charge >= 0.3 is 0 Å². The number of benzene rings is 1. The second-order valence-corrected chi connectivity index (χ2v) is 4.05. The summed E-state index contributed by atoms with van der Waals surface area (Å²) in [6, 6.07) is 7.85.